The second-order valence-electron chi connectivity index (χ2n) is 3.92. The number of hydrogen-bond donors (Lipinski definition) is 1. The van der Waals surface area contributed by atoms with Crippen molar-refractivity contribution < 1.29 is 4.52 Å². The molecule has 3 heterocycles. The number of pyridine rings is 1. The van der Waals surface area contributed by atoms with Crippen LogP contribution in [0.15, 0.2) is 35.3 Å². The number of nitrogens with one attached hydrogen (secondary N) is 1. The van der Waals surface area contributed by atoms with Crippen molar-refractivity contribution in [2.24, 2.45) is 0 Å². The minimum Gasteiger partial charge on any atom is -0.343 e. The van der Waals surface area contributed by atoms with Crippen LogP contribution in [0.4, 0.5) is 0 Å². The standard InChI is InChI=1S/C11H12N4O/c1-2-4-13-10(3-1)8-5-12-6-9(8)11-14-7-16-15-11/h1-4,7-9,12H,5-6H2/t8-,9+/m1/s1. The van der Waals surface area contributed by atoms with E-state index in [0.29, 0.717) is 5.92 Å². The summed E-state index contributed by atoms with van der Waals surface area (Å²) in [6.07, 6.45) is 3.20. The van der Waals surface area contributed by atoms with Crippen LogP contribution in [0.5, 0.6) is 0 Å². The van der Waals surface area contributed by atoms with Crippen molar-refractivity contribution in [3.05, 3.63) is 42.3 Å². The largest absolute Gasteiger partial charge is 0.343 e. The van der Waals surface area contributed by atoms with Gasteiger partial charge in [0.15, 0.2) is 5.82 Å². The highest BCUT2D eigenvalue weighted by atomic mass is 16.5. The van der Waals surface area contributed by atoms with Gasteiger partial charge in [0.1, 0.15) is 0 Å². The summed E-state index contributed by atoms with van der Waals surface area (Å²) in [4.78, 5) is 8.52. The van der Waals surface area contributed by atoms with E-state index in [0.717, 1.165) is 24.6 Å². The van der Waals surface area contributed by atoms with Gasteiger partial charge in [-0.05, 0) is 12.1 Å². The van der Waals surface area contributed by atoms with Gasteiger partial charge >= 0.3 is 0 Å². The van der Waals surface area contributed by atoms with Crippen LogP contribution >= 0.6 is 0 Å². The Bertz CT molecular complexity index is 442. The van der Waals surface area contributed by atoms with Crippen LogP contribution in [-0.2, 0) is 0 Å². The summed E-state index contributed by atoms with van der Waals surface area (Å²) in [6.45, 7) is 1.79. The van der Waals surface area contributed by atoms with Gasteiger partial charge in [0.05, 0.1) is 0 Å². The third-order valence-corrected chi connectivity index (χ3v) is 2.99. The van der Waals surface area contributed by atoms with E-state index in [1.165, 1.54) is 6.39 Å². The van der Waals surface area contributed by atoms with Gasteiger partial charge in [0.25, 0.3) is 0 Å². The van der Waals surface area contributed by atoms with Crippen molar-refractivity contribution in [3.8, 4) is 0 Å². The summed E-state index contributed by atoms with van der Waals surface area (Å²) in [7, 11) is 0. The lowest BCUT2D eigenvalue weighted by atomic mass is 9.92. The van der Waals surface area contributed by atoms with Gasteiger partial charge in [-0.2, -0.15) is 4.98 Å². The topological polar surface area (TPSA) is 63.8 Å². The highest BCUT2D eigenvalue weighted by Crippen LogP contribution is 2.32. The van der Waals surface area contributed by atoms with Gasteiger partial charge in [-0.3, -0.25) is 4.98 Å². The summed E-state index contributed by atoms with van der Waals surface area (Å²) in [6, 6.07) is 5.98. The van der Waals surface area contributed by atoms with Crippen LogP contribution in [0.2, 0.25) is 0 Å². The number of nitrogens with zero attached hydrogens (tertiary/aromatic N) is 3. The van der Waals surface area contributed by atoms with Crippen molar-refractivity contribution in [2.45, 2.75) is 11.8 Å². The molecular formula is C11H12N4O. The summed E-state index contributed by atoms with van der Waals surface area (Å²) < 4.78 is 4.80. The zero-order chi connectivity index (χ0) is 10.8. The van der Waals surface area contributed by atoms with E-state index in [-0.39, 0.29) is 5.92 Å². The van der Waals surface area contributed by atoms with E-state index in [1.807, 2.05) is 24.4 Å². The zero-order valence-corrected chi connectivity index (χ0v) is 8.71. The van der Waals surface area contributed by atoms with Crippen molar-refractivity contribution >= 4 is 0 Å². The second-order valence-corrected chi connectivity index (χ2v) is 3.92. The fourth-order valence-corrected chi connectivity index (χ4v) is 2.20. The Labute approximate surface area is 92.9 Å². The molecule has 0 spiro atoms. The summed E-state index contributed by atoms with van der Waals surface area (Å²) in [5.74, 6) is 1.35. The van der Waals surface area contributed by atoms with E-state index in [4.69, 9.17) is 4.52 Å². The molecule has 0 bridgehead atoms. The molecule has 2 atom stereocenters. The van der Waals surface area contributed by atoms with Gasteiger partial charge in [-0.25, -0.2) is 0 Å². The van der Waals surface area contributed by atoms with Gasteiger partial charge in [-0.15, -0.1) is 0 Å². The molecule has 3 rings (SSSR count). The molecule has 0 radical (unpaired) electrons. The minimum absolute atomic E-state index is 0.258. The lowest BCUT2D eigenvalue weighted by molar-refractivity contribution is 0.402. The average Bonchev–Trinajstić information content (AvgIpc) is 3.01. The Morgan fingerprint density at radius 3 is 2.88 bits per heavy atom. The molecule has 5 nitrogen and oxygen atoms in total. The Balaban J connectivity index is 1.90. The van der Waals surface area contributed by atoms with Crippen molar-refractivity contribution in [2.75, 3.05) is 13.1 Å². The van der Waals surface area contributed by atoms with Gasteiger partial charge in [0.2, 0.25) is 6.39 Å². The zero-order valence-electron chi connectivity index (χ0n) is 8.71. The smallest absolute Gasteiger partial charge is 0.213 e. The highest BCUT2D eigenvalue weighted by Gasteiger charge is 2.33. The van der Waals surface area contributed by atoms with Crippen LogP contribution in [0, 0.1) is 0 Å². The van der Waals surface area contributed by atoms with Gasteiger partial charge in [-0.1, -0.05) is 11.2 Å². The van der Waals surface area contributed by atoms with Gasteiger partial charge < -0.3 is 9.84 Å². The molecule has 1 N–H and O–H groups in total. The molecule has 1 aliphatic rings. The highest BCUT2D eigenvalue weighted by molar-refractivity contribution is 5.19. The minimum atomic E-state index is 0.258. The maximum atomic E-state index is 4.80. The van der Waals surface area contributed by atoms with E-state index in [2.05, 4.69) is 20.4 Å². The maximum absolute atomic E-state index is 4.80. The number of hydrogen-bond acceptors (Lipinski definition) is 5. The molecule has 0 saturated carbocycles. The first kappa shape index (κ1) is 9.47. The molecule has 0 unspecified atom stereocenters. The predicted molar refractivity (Wildman–Crippen MR) is 56.9 cm³/mol. The average molecular weight is 216 g/mol. The Morgan fingerprint density at radius 1 is 1.19 bits per heavy atom. The molecule has 0 aromatic carbocycles. The van der Waals surface area contributed by atoms with Gasteiger partial charge in [0, 0.05) is 36.8 Å². The Morgan fingerprint density at radius 2 is 2.12 bits per heavy atom. The molecule has 82 valence electrons. The SMILES string of the molecule is c1ccc([C@@H]2CNC[C@@H]2c2ncon2)nc1. The van der Waals surface area contributed by atoms with Crippen LogP contribution in [-0.4, -0.2) is 28.2 Å². The normalized spacial score (nSPS) is 24.8. The third kappa shape index (κ3) is 1.59. The molecular weight excluding hydrogens is 204 g/mol. The molecule has 0 amide bonds. The maximum Gasteiger partial charge on any atom is 0.213 e. The molecule has 16 heavy (non-hydrogen) atoms. The number of aromatic nitrogens is 3. The fourth-order valence-electron chi connectivity index (χ4n) is 2.20. The summed E-state index contributed by atoms with van der Waals surface area (Å²) in [5.41, 5.74) is 1.09. The molecule has 1 saturated heterocycles. The number of rotatable bonds is 2. The molecule has 5 heteroatoms. The van der Waals surface area contributed by atoms with Crippen molar-refractivity contribution in [1.29, 1.82) is 0 Å². The van der Waals surface area contributed by atoms with E-state index >= 15 is 0 Å². The lowest BCUT2D eigenvalue weighted by Crippen LogP contribution is -2.11. The molecule has 2 aromatic heterocycles. The predicted octanol–water partition coefficient (Wildman–Crippen LogP) is 0.935. The Hall–Kier alpha value is -1.75. The molecule has 1 fully saturated rings. The van der Waals surface area contributed by atoms with Crippen molar-refractivity contribution in [1.82, 2.24) is 20.4 Å². The quantitative estimate of drug-likeness (QED) is 0.809. The molecule has 1 aliphatic heterocycles. The van der Waals surface area contributed by atoms with E-state index < -0.39 is 0 Å². The van der Waals surface area contributed by atoms with Crippen molar-refractivity contribution in [3.63, 3.8) is 0 Å². The molecule has 2 aromatic rings. The first-order chi connectivity index (χ1) is 7.95. The summed E-state index contributed by atoms with van der Waals surface area (Å²) >= 11 is 0. The second kappa shape index (κ2) is 4.02. The monoisotopic (exact) mass is 216 g/mol. The first-order valence-corrected chi connectivity index (χ1v) is 5.33. The van der Waals surface area contributed by atoms with Crippen LogP contribution in [0.1, 0.15) is 23.4 Å². The third-order valence-electron chi connectivity index (χ3n) is 2.99. The van der Waals surface area contributed by atoms with Crippen LogP contribution in [0.25, 0.3) is 0 Å². The Kier molecular flexibility index (Phi) is 2.38. The van der Waals surface area contributed by atoms with Crippen LogP contribution < -0.4 is 5.32 Å². The van der Waals surface area contributed by atoms with E-state index in [1.54, 1.807) is 0 Å². The van der Waals surface area contributed by atoms with Crippen LogP contribution in [0.3, 0.4) is 0 Å². The lowest BCUT2D eigenvalue weighted by Gasteiger charge is -2.14. The fraction of sp³-hybridized carbons (Fsp3) is 0.364. The summed E-state index contributed by atoms with van der Waals surface area (Å²) in [5, 5.41) is 7.27. The van der Waals surface area contributed by atoms with E-state index in [9.17, 15) is 0 Å². The first-order valence-electron chi connectivity index (χ1n) is 5.33. The molecule has 0 aliphatic carbocycles.